The summed E-state index contributed by atoms with van der Waals surface area (Å²) in [6.45, 7) is 4.24. The van der Waals surface area contributed by atoms with Gasteiger partial charge in [0.15, 0.2) is 0 Å². The number of aliphatic hydroxyl groups is 2. The Morgan fingerprint density at radius 3 is 2.37 bits per heavy atom. The summed E-state index contributed by atoms with van der Waals surface area (Å²) in [5.74, 6) is -0.442. The fourth-order valence-electron chi connectivity index (χ4n) is 9.97. The van der Waals surface area contributed by atoms with Gasteiger partial charge in [-0.3, -0.25) is 4.98 Å². The second kappa shape index (κ2) is 18.9. The van der Waals surface area contributed by atoms with Crippen molar-refractivity contribution < 1.29 is 37.7 Å². The SMILES string of the molecule is C=CCOC12Oc3ccc(Oc4ccc(-c5ccccc5)cc4)cc3C3C(CCCCO)C(CCCCO)C=C(C(=NOC)CC1N(C)S(=O)(=O)c1cccc4cccnc14)C32. The van der Waals surface area contributed by atoms with Crippen LogP contribution < -0.4 is 9.47 Å². The fourth-order valence-corrected chi connectivity index (χ4v) is 11.5. The largest absolute Gasteiger partial charge is 0.460 e. The molecular formula is C50H55N3O8S. The van der Waals surface area contributed by atoms with Gasteiger partial charge in [-0.05, 0) is 96.7 Å². The van der Waals surface area contributed by atoms with Gasteiger partial charge in [-0.15, -0.1) is 6.58 Å². The van der Waals surface area contributed by atoms with Crippen LogP contribution in [0, 0.1) is 17.8 Å². The van der Waals surface area contributed by atoms with Gasteiger partial charge in [-0.1, -0.05) is 90.8 Å². The van der Waals surface area contributed by atoms with Gasteiger partial charge in [0.1, 0.15) is 29.3 Å². The van der Waals surface area contributed by atoms with Crippen molar-refractivity contribution in [3.63, 3.8) is 0 Å². The Balaban J connectivity index is 1.29. The summed E-state index contributed by atoms with van der Waals surface area (Å²) >= 11 is 0. The Hall–Kier alpha value is -5.37. The minimum Gasteiger partial charge on any atom is -0.460 e. The van der Waals surface area contributed by atoms with Gasteiger partial charge in [0.05, 0.1) is 29.8 Å². The molecule has 0 bridgehead atoms. The number of benzene rings is 4. The molecule has 0 radical (unpaired) electrons. The lowest BCUT2D eigenvalue weighted by Crippen LogP contribution is -2.69. The van der Waals surface area contributed by atoms with Crippen LogP contribution >= 0.6 is 0 Å². The third-order valence-electron chi connectivity index (χ3n) is 12.7. The maximum Gasteiger partial charge on any atom is 0.245 e. The lowest BCUT2D eigenvalue weighted by atomic mass is 9.55. The van der Waals surface area contributed by atoms with Crippen molar-refractivity contribution >= 4 is 26.6 Å². The summed E-state index contributed by atoms with van der Waals surface area (Å²) in [4.78, 5) is 10.1. The number of unbranched alkanes of at least 4 members (excludes halogenated alkanes) is 2. The zero-order valence-corrected chi connectivity index (χ0v) is 36.1. The van der Waals surface area contributed by atoms with E-state index < -0.39 is 27.8 Å². The molecule has 11 nitrogen and oxygen atoms in total. The number of oxime groups is 1. The highest BCUT2D eigenvalue weighted by Crippen LogP contribution is 2.62. The first-order chi connectivity index (χ1) is 30.2. The molecule has 4 aromatic carbocycles. The number of ether oxygens (including phenoxy) is 3. The zero-order valence-electron chi connectivity index (χ0n) is 35.3. The van der Waals surface area contributed by atoms with E-state index in [2.05, 4.69) is 34.9 Å². The molecule has 6 atom stereocenters. The predicted octanol–water partition coefficient (Wildman–Crippen LogP) is 9.28. The van der Waals surface area contributed by atoms with Gasteiger partial charge in [0.2, 0.25) is 15.8 Å². The van der Waals surface area contributed by atoms with E-state index >= 15 is 8.42 Å². The molecule has 12 heteroatoms. The maximum absolute atomic E-state index is 15.1. The first-order valence-corrected chi connectivity index (χ1v) is 22.9. The number of hydrogen-bond acceptors (Lipinski definition) is 10. The van der Waals surface area contributed by atoms with E-state index in [-0.39, 0.29) is 48.9 Å². The average Bonchev–Trinajstić information content (AvgIpc) is 3.30. The zero-order chi connectivity index (χ0) is 43.3. The highest BCUT2D eigenvalue weighted by molar-refractivity contribution is 7.89. The van der Waals surface area contributed by atoms with Crippen LogP contribution in [0.3, 0.4) is 0 Å². The lowest BCUT2D eigenvalue weighted by molar-refractivity contribution is -0.250. The average molecular weight is 858 g/mol. The quantitative estimate of drug-likeness (QED) is 0.0502. The molecule has 1 saturated carbocycles. The topological polar surface area (TPSA) is 140 Å². The van der Waals surface area contributed by atoms with Crippen molar-refractivity contribution in [2.24, 2.45) is 22.9 Å². The van der Waals surface area contributed by atoms with Crippen molar-refractivity contribution in [3.8, 4) is 28.4 Å². The Bertz CT molecular complexity index is 2520. The molecule has 2 heterocycles. The number of sulfonamides is 1. The summed E-state index contributed by atoms with van der Waals surface area (Å²) in [5, 5.41) is 25.1. The molecule has 1 aromatic heterocycles. The second-order valence-electron chi connectivity index (χ2n) is 16.3. The molecule has 1 aliphatic heterocycles. The molecule has 0 amide bonds. The number of pyridine rings is 1. The third kappa shape index (κ3) is 8.30. The van der Waals surface area contributed by atoms with Crippen LogP contribution in [0.15, 0.2) is 144 Å². The second-order valence-corrected chi connectivity index (χ2v) is 18.3. The van der Waals surface area contributed by atoms with Crippen LogP contribution in [-0.2, 0) is 19.6 Å². The van der Waals surface area contributed by atoms with E-state index in [0.29, 0.717) is 46.7 Å². The fraction of sp³-hybridized carbons (Fsp3) is 0.360. The van der Waals surface area contributed by atoms with Crippen molar-refractivity contribution in [3.05, 3.63) is 139 Å². The summed E-state index contributed by atoms with van der Waals surface area (Å²) < 4.78 is 52.3. The third-order valence-corrected chi connectivity index (χ3v) is 14.6. The minimum atomic E-state index is -4.24. The molecular weight excluding hydrogens is 803 g/mol. The Morgan fingerprint density at radius 2 is 1.63 bits per heavy atom. The number of para-hydroxylation sites is 1. The van der Waals surface area contributed by atoms with Gasteiger partial charge in [-0.25, -0.2) is 8.42 Å². The summed E-state index contributed by atoms with van der Waals surface area (Å²) in [5.41, 5.74) is 4.98. The van der Waals surface area contributed by atoms with Gasteiger partial charge in [-0.2, -0.15) is 4.31 Å². The molecule has 2 N–H and O–H groups in total. The molecule has 324 valence electrons. The highest BCUT2D eigenvalue weighted by Gasteiger charge is 2.65. The first kappa shape index (κ1) is 43.3. The van der Waals surface area contributed by atoms with Gasteiger partial charge < -0.3 is 29.3 Å². The Labute approximate surface area is 364 Å². The van der Waals surface area contributed by atoms with Crippen LogP contribution in [-0.4, -0.2) is 79.4 Å². The van der Waals surface area contributed by atoms with Crippen LogP contribution in [0.1, 0.15) is 56.4 Å². The van der Waals surface area contributed by atoms with Gasteiger partial charge in [0.25, 0.3) is 0 Å². The van der Waals surface area contributed by atoms with Gasteiger partial charge >= 0.3 is 0 Å². The summed E-state index contributed by atoms with van der Waals surface area (Å²) in [6.07, 6.45) is 10.1. The summed E-state index contributed by atoms with van der Waals surface area (Å²) in [6, 6.07) is 31.9. The van der Waals surface area contributed by atoms with Crippen LogP contribution in [0.5, 0.6) is 17.2 Å². The normalized spacial score (nSPS) is 23.6. The smallest absolute Gasteiger partial charge is 0.245 e. The van der Waals surface area contributed by atoms with E-state index in [1.165, 1.54) is 11.4 Å². The number of hydrogen-bond donors (Lipinski definition) is 2. The number of aromatic nitrogens is 1. The van der Waals surface area contributed by atoms with E-state index in [4.69, 9.17) is 19.0 Å². The maximum atomic E-state index is 15.1. The molecule has 1 fully saturated rings. The lowest BCUT2D eigenvalue weighted by Gasteiger charge is -2.59. The monoisotopic (exact) mass is 857 g/mol. The number of nitrogens with zero attached hydrogens (tertiary/aromatic N) is 3. The van der Waals surface area contributed by atoms with E-state index in [1.807, 2.05) is 72.8 Å². The van der Waals surface area contributed by atoms with Crippen molar-refractivity contribution in [2.45, 2.75) is 67.6 Å². The standard InChI is InChI=1S/C50H55N3O8S/c1-4-30-59-50-46(53(2)62(56,57)45-20-12-17-36-18-13-27-51-49(36)45)33-43(52-58-3)41-31-37(16-8-10-28-54)40(19-9-11-29-55)47(48(41)50)42-32-39(25-26-44(42)61-50)60-38-23-21-35(22-24-38)34-14-6-5-7-15-34/h4-7,12-15,17-18,20-27,31-32,37,40,46-48,54-55H,1,8-11,16,19,28-30,33H2,2-3H3. The number of fused-ring (bicyclic) bond motifs is 3. The molecule has 2 aliphatic carbocycles. The van der Waals surface area contributed by atoms with Crippen LogP contribution in [0.2, 0.25) is 0 Å². The van der Waals surface area contributed by atoms with E-state index in [9.17, 15) is 10.2 Å². The minimum absolute atomic E-state index is 0.00970. The number of likely N-dealkylation sites (N-methyl/N-ethyl adjacent to an activating group) is 1. The Kier molecular flexibility index (Phi) is 13.2. The number of aliphatic hydroxyl groups excluding tert-OH is 2. The molecule has 3 aliphatic rings. The molecule has 8 rings (SSSR count). The first-order valence-electron chi connectivity index (χ1n) is 21.5. The van der Waals surface area contributed by atoms with Crippen LogP contribution in [0.25, 0.3) is 22.0 Å². The molecule has 6 unspecified atom stereocenters. The molecule has 62 heavy (non-hydrogen) atoms. The van der Waals surface area contributed by atoms with Gasteiger partial charge in [0, 0.05) is 49.7 Å². The molecule has 5 aromatic rings. The van der Waals surface area contributed by atoms with E-state index in [1.54, 1.807) is 37.5 Å². The highest BCUT2D eigenvalue weighted by atomic mass is 32.2. The van der Waals surface area contributed by atoms with E-state index in [0.717, 1.165) is 47.9 Å². The molecule has 0 spiro atoms. The Morgan fingerprint density at radius 1 is 0.903 bits per heavy atom. The van der Waals surface area contributed by atoms with Crippen LogP contribution in [0.4, 0.5) is 0 Å². The number of rotatable bonds is 18. The summed E-state index contributed by atoms with van der Waals surface area (Å²) in [7, 11) is -1.16. The predicted molar refractivity (Wildman–Crippen MR) is 241 cm³/mol. The van der Waals surface area contributed by atoms with Crippen molar-refractivity contribution in [1.82, 2.24) is 9.29 Å². The number of allylic oxidation sites excluding steroid dienone is 1. The van der Waals surface area contributed by atoms with Crippen molar-refractivity contribution in [1.29, 1.82) is 0 Å². The van der Waals surface area contributed by atoms with Crippen molar-refractivity contribution in [2.75, 3.05) is 34.0 Å². The molecule has 0 saturated heterocycles.